The highest BCUT2D eigenvalue weighted by Gasteiger charge is 2.35. The van der Waals surface area contributed by atoms with E-state index in [0.29, 0.717) is 18.1 Å². The van der Waals surface area contributed by atoms with Crippen molar-refractivity contribution in [2.24, 2.45) is 11.7 Å². The Bertz CT molecular complexity index is 551. The predicted molar refractivity (Wildman–Crippen MR) is 99.7 cm³/mol. The van der Waals surface area contributed by atoms with Gasteiger partial charge in [0.2, 0.25) is 11.8 Å². The fraction of sp³-hybridized carbons (Fsp3) is 0.529. The Morgan fingerprint density at radius 3 is 2.67 bits per heavy atom. The van der Waals surface area contributed by atoms with E-state index in [4.69, 9.17) is 17.3 Å². The summed E-state index contributed by atoms with van der Waals surface area (Å²) in [6.45, 7) is 2.93. The van der Waals surface area contributed by atoms with Crippen molar-refractivity contribution in [1.29, 1.82) is 0 Å². The van der Waals surface area contributed by atoms with Crippen LogP contribution < -0.4 is 16.0 Å². The lowest BCUT2D eigenvalue weighted by Crippen LogP contribution is -2.43. The first-order valence-corrected chi connectivity index (χ1v) is 8.49. The number of nitrogens with two attached hydrogens (primary N) is 1. The van der Waals surface area contributed by atoms with Crippen LogP contribution in [0.15, 0.2) is 24.3 Å². The highest BCUT2D eigenvalue weighted by Crippen LogP contribution is 2.26. The number of rotatable bonds is 7. The second-order valence-electron chi connectivity index (χ2n) is 5.97. The van der Waals surface area contributed by atoms with Gasteiger partial charge in [0.15, 0.2) is 0 Å². The average Bonchev–Trinajstić information content (AvgIpc) is 2.94. The number of halogens is 2. The van der Waals surface area contributed by atoms with Crippen molar-refractivity contribution in [2.45, 2.75) is 38.6 Å². The minimum absolute atomic E-state index is 0. The molecule has 1 aromatic carbocycles. The molecule has 2 amide bonds. The Morgan fingerprint density at radius 2 is 2.08 bits per heavy atom. The monoisotopic (exact) mass is 373 g/mol. The summed E-state index contributed by atoms with van der Waals surface area (Å²) in [5, 5.41) is 3.60. The van der Waals surface area contributed by atoms with Crippen LogP contribution in [0.2, 0.25) is 5.02 Å². The second-order valence-corrected chi connectivity index (χ2v) is 6.40. The molecule has 1 fully saturated rings. The molecule has 0 radical (unpaired) electrons. The lowest BCUT2D eigenvalue weighted by Gasteiger charge is -2.20. The standard InChI is InChI=1S/C17H24ClN3O2.ClH/c1-2-3-4-14(10-19)20-17(23)12-9-16(22)21(11-12)15-7-5-13(18)6-8-15;/h5-8,12,14H,2-4,9-11,19H2,1H3,(H,20,23);1H. The molecule has 5 nitrogen and oxygen atoms in total. The lowest BCUT2D eigenvalue weighted by atomic mass is 10.1. The molecule has 2 atom stereocenters. The van der Waals surface area contributed by atoms with Gasteiger partial charge >= 0.3 is 0 Å². The first kappa shape index (κ1) is 20.7. The molecular weight excluding hydrogens is 349 g/mol. The largest absolute Gasteiger partial charge is 0.352 e. The minimum atomic E-state index is -0.325. The number of anilines is 1. The molecular formula is C17H25Cl2N3O2. The quantitative estimate of drug-likeness (QED) is 0.771. The number of hydrogen-bond donors (Lipinski definition) is 2. The molecule has 134 valence electrons. The summed E-state index contributed by atoms with van der Waals surface area (Å²) in [5.74, 6) is -0.444. The maximum Gasteiger partial charge on any atom is 0.227 e. The van der Waals surface area contributed by atoms with E-state index in [1.165, 1.54) is 0 Å². The lowest BCUT2D eigenvalue weighted by molar-refractivity contribution is -0.126. The highest BCUT2D eigenvalue weighted by atomic mass is 35.5. The molecule has 1 aliphatic heterocycles. The van der Waals surface area contributed by atoms with Gasteiger partial charge in [-0.15, -0.1) is 12.4 Å². The Kier molecular flexibility index (Phi) is 8.53. The van der Waals surface area contributed by atoms with Gasteiger partial charge in [0.1, 0.15) is 0 Å². The SMILES string of the molecule is CCCCC(CN)NC(=O)C1CC(=O)N(c2ccc(Cl)cc2)C1.Cl. The first-order valence-electron chi connectivity index (χ1n) is 8.11. The van der Waals surface area contributed by atoms with Crippen LogP contribution in [0.25, 0.3) is 0 Å². The predicted octanol–water partition coefficient (Wildman–Crippen LogP) is 2.75. The van der Waals surface area contributed by atoms with Crippen molar-refractivity contribution in [3.05, 3.63) is 29.3 Å². The van der Waals surface area contributed by atoms with Gasteiger partial charge in [-0.1, -0.05) is 31.4 Å². The van der Waals surface area contributed by atoms with Gasteiger partial charge in [0, 0.05) is 36.3 Å². The van der Waals surface area contributed by atoms with Gasteiger partial charge in [0.25, 0.3) is 0 Å². The van der Waals surface area contributed by atoms with E-state index in [1.54, 1.807) is 29.2 Å². The maximum absolute atomic E-state index is 12.4. The topological polar surface area (TPSA) is 75.4 Å². The zero-order valence-corrected chi connectivity index (χ0v) is 15.4. The molecule has 0 aliphatic carbocycles. The van der Waals surface area contributed by atoms with Crippen molar-refractivity contribution in [3.63, 3.8) is 0 Å². The molecule has 1 aromatic rings. The zero-order valence-electron chi connectivity index (χ0n) is 13.8. The Labute approximate surface area is 154 Å². The maximum atomic E-state index is 12.4. The molecule has 24 heavy (non-hydrogen) atoms. The minimum Gasteiger partial charge on any atom is -0.352 e. The van der Waals surface area contributed by atoms with Crippen molar-refractivity contribution in [3.8, 4) is 0 Å². The summed E-state index contributed by atoms with van der Waals surface area (Å²) in [4.78, 5) is 26.2. The molecule has 0 saturated carbocycles. The molecule has 1 heterocycles. The van der Waals surface area contributed by atoms with E-state index in [1.807, 2.05) is 0 Å². The normalized spacial score (nSPS) is 18.2. The van der Waals surface area contributed by atoms with Crippen LogP contribution in [0.1, 0.15) is 32.6 Å². The highest BCUT2D eigenvalue weighted by molar-refractivity contribution is 6.30. The number of carbonyl (C=O) groups is 2. The third-order valence-corrected chi connectivity index (χ3v) is 4.42. The third kappa shape index (κ3) is 5.36. The summed E-state index contributed by atoms with van der Waals surface area (Å²) >= 11 is 5.87. The van der Waals surface area contributed by atoms with E-state index >= 15 is 0 Å². The molecule has 0 aromatic heterocycles. The van der Waals surface area contributed by atoms with E-state index < -0.39 is 0 Å². The number of hydrogen-bond acceptors (Lipinski definition) is 3. The Hall–Kier alpha value is -1.30. The van der Waals surface area contributed by atoms with Crippen molar-refractivity contribution >= 4 is 41.5 Å². The summed E-state index contributed by atoms with van der Waals surface area (Å²) in [7, 11) is 0. The number of benzene rings is 1. The molecule has 0 bridgehead atoms. The van der Waals surface area contributed by atoms with Gasteiger partial charge < -0.3 is 16.0 Å². The summed E-state index contributed by atoms with van der Waals surface area (Å²) < 4.78 is 0. The summed E-state index contributed by atoms with van der Waals surface area (Å²) in [5.41, 5.74) is 6.49. The fourth-order valence-electron chi connectivity index (χ4n) is 2.77. The fourth-order valence-corrected chi connectivity index (χ4v) is 2.90. The van der Waals surface area contributed by atoms with Crippen LogP contribution in [0.3, 0.4) is 0 Å². The number of unbranched alkanes of at least 4 members (excludes halogenated alkanes) is 1. The molecule has 7 heteroatoms. The summed E-state index contributed by atoms with van der Waals surface area (Å²) in [6, 6.07) is 7.07. The second kappa shape index (κ2) is 9.87. The van der Waals surface area contributed by atoms with Crippen LogP contribution in [0.4, 0.5) is 5.69 Å². The van der Waals surface area contributed by atoms with Gasteiger partial charge in [-0.2, -0.15) is 0 Å². The number of nitrogens with one attached hydrogen (secondary N) is 1. The van der Waals surface area contributed by atoms with Gasteiger partial charge in [0.05, 0.1) is 5.92 Å². The first-order chi connectivity index (χ1) is 11.0. The van der Waals surface area contributed by atoms with Crippen LogP contribution in [0, 0.1) is 5.92 Å². The number of nitrogens with zero attached hydrogens (tertiary/aromatic N) is 1. The average molecular weight is 374 g/mol. The molecule has 1 aliphatic rings. The Balaban J connectivity index is 0.00000288. The van der Waals surface area contributed by atoms with Crippen LogP contribution in [-0.4, -0.2) is 30.9 Å². The molecule has 2 unspecified atom stereocenters. The van der Waals surface area contributed by atoms with E-state index in [0.717, 1.165) is 24.9 Å². The summed E-state index contributed by atoms with van der Waals surface area (Å²) in [6.07, 6.45) is 3.21. The van der Waals surface area contributed by atoms with Gasteiger partial charge in [-0.3, -0.25) is 9.59 Å². The van der Waals surface area contributed by atoms with E-state index in [9.17, 15) is 9.59 Å². The zero-order chi connectivity index (χ0) is 16.8. The van der Waals surface area contributed by atoms with E-state index in [2.05, 4.69) is 12.2 Å². The third-order valence-electron chi connectivity index (χ3n) is 4.17. The van der Waals surface area contributed by atoms with Crippen LogP contribution in [0.5, 0.6) is 0 Å². The van der Waals surface area contributed by atoms with Crippen molar-refractivity contribution in [2.75, 3.05) is 18.0 Å². The van der Waals surface area contributed by atoms with Crippen molar-refractivity contribution < 1.29 is 9.59 Å². The molecule has 3 N–H and O–H groups in total. The molecule has 1 saturated heterocycles. The van der Waals surface area contributed by atoms with Gasteiger partial charge in [-0.25, -0.2) is 0 Å². The Morgan fingerprint density at radius 1 is 1.42 bits per heavy atom. The van der Waals surface area contributed by atoms with Crippen LogP contribution in [-0.2, 0) is 9.59 Å². The van der Waals surface area contributed by atoms with Crippen molar-refractivity contribution in [1.82, 2.24) is 5.32 Å². The number of amides is 2. The van der Waals surface area contributed by atoms with E-state index in [-0.39, 0.29) is 42.6 Å². The molecule has 2 rings (SSSR count). The number of carbonyl (C=O) groups excluding carboxylic acids is 2. The van der Waals surface area contributed by atoms with Gasteiger partial charge in [-0.05, 0) is 30.7 Å². The smallest absolute Gasteiger partial charge is 0.227 e. The van der Waals surface area contributed by atoms with Crippen LogP contribution >= 0.6 is 24.0 Å². The molecule has 0 spiro atoms.